The monoisotopic (exact) mass is 301 g/mol. The van der Waals surface area contributed by atoms with Crippen molar-refractivity contribution in [2.45, 2.75) is 10.6 Å². The van der Waals surface area contributed by atoms with Crippen molar-refractivity contribution in [3.05, 3.63) is 59.4 Å². The maximum Gasteiger partial charge on any atom is 0.132 e. The van der Waals surface area contributed by atoms with E-state index >= 15 is 0 Å². The van der Waals surface area contributed by atoms with Crippen LogP contribution in [0.5, 0.6) is 5.75 Å². The van der Waals surface area contributed by atoms with Gasteiger partial charge in [0.15, 0.2) is 0 Å². The van der Waals surface area contributed by atoms with E-state index in [-0.39, 0.29) is 12.4 Å². The summed E-state index contributed by atoms with van der Waals surface area (Å²) in [4.78, 5) is 0.992. The summed E-state index contributed by atoms with van der Waals surface area (Å²) in [6.07, 6.45) is 0. The molecule has 0 heterocycles. The number of ether oxygens (including phenoxy) is 1. The Labute approximate surface area is 128 Å². The van der Waals surface area contributed by atoms with Gasteiger partial charge in [0.25, 0.3) is 0 Å². The molecule has 0 aliphatic heterocycles. The SMILES string of the molecule is COc1ccccc1SCc1ccc(C#CCN)cc1F. The number of rotatable bonds is 4. The number of hydrogen-bond acceptors (Lipinski definition) is 3. The molecular formula is C17H16FNOS. The van der Waals surface area contributed by atoms with Crippen LogP contribution in [-0.4, -0.2) is 13.7 Å². The molecule has 108 valence electrons. The fraction of sp³-hybridized carbons (Fsp3) is 0.176. The number of para-hydroxylation sites is 1. The van der Waals surface area contributed by atoms with Crippen molar-refractivity contribution >= 4 is 11.8 Å². The fourth-order valence-corrected chi connectivity index (χ4v) is 2.80. The van der Waals surface area contributed by atoms with E-state index in [1.165, 1.54) is 6.07 Å². The second kappa shape index (κ2) is 7.72. The molecule has 2 aromatic carbocycles. The Morgan fingerprint density at radius 2 is 2.05 bits per heavy atom. The van der Waals surface area contributed by atoms with Crippen LogP contribution in [0.4, 0.5) is 4.39 Å². The second-order valence-electron chi connectivity index (χ2n) is 4.25. The lowest BCUT2D eigenvalue weighted by Gasteiger charge is -2.08. The summed E-state index contributed by atoms with van der Waals surface area (Å²) in [6.45, 7) is 0.271. The molecule has 4 heteroatoms. The average molecular weight is 301 g/mol. The van der Waals surface area contributed by atoms with Gasteiger partial charge in [0.1, 0.15) is 11.6 Å². The Morgan fingerprint density at radius 1 is 1.24 bits per heavy atom. The summed E-state index contributed by atoms with van der Waals surface area (Å²) in [6, 6.07) is 12.7. The number of thioether (sulfide) groups is 1. The van der Waals surface area contributed by atoms with E-state index in [4.69, 9.17) is 10.5 Å². The van der Waals surface area contributed by atoms with Crippen molar-refractivity contribution in [3.8, 4) is 17.6 Å². The van der Waals surface area contributed by atoms with Gasteiger partial charge in [0, 0.05) is 16.2 Å². The second-order valence-corrected chi connectivity index (χ2v) is 5.27. The van der Waals surface area contributed by atoms with Gasteiger partial charge in [-0.25, -0.2) is 4.39 Å². The molecule has 21 heavy (non-hydrogen) atoms. The van der Waals surface area contributed by atoms with E-state index < -0.39 is 0 Å². The zero-order valence-electron chi connectivity index (χ0n) is 11.7. The van der Waals surface area contributed by atoms with Crippen LogP contribution in [0, 0.1) is 17.7 Å². The van der Waals surface area contributed by atoms with E-state index in [2.05, 4.69) is 11.8 Å². The van der Waals surface area contributed by atoms with Crippen molar-refractivity contribution in [1.29, 1.82) is 0 Å². The predicted molar refractivity (Wildman–Crippen MR) is 84.9 cm³/mol. The van der Waals surface area contributed by atoms with Crippen LogP contribution >= 0.6 is 11.8 Å². The van der Waals surface area contributed by atoms with Crippen molar-refractivity contribution in [2.24, 2.45) is 5.73 Å². The molecule has 0 spiro atoms. The lowest BCUT2D eigenvalue weighted by atomic mass is 10.1. The van der Waals surface area contributed by atoms with Gasteiger partial charge in [-0.05, 0) is 29.8 Å². The van der Waals surface area contributed by atoms with Gasteiger partial charge < -0.3 is 10.5 Å². The van der Waals surface area contributed by atoms with Gasteiger partial charge in [-0.3, -0.25) is 0 Å². The van der Waals surface area contributed by atoms with Crippen molar-refractivity contribution in [2.75, 3.05) is 13.7 Å². The summed E-state index contributed by atoms with van der Waals surface area (Å²) in [5.41, 5.74) is 6.59. The average Bonchev–Trinajstić information content (AvgIpc) is 2.52. The predicted octanol–water partition coefficient (Wildman–Crippen LogP) is 3.44. The standard InChI is InChI=1S/C17H16FNOS/c1-20-16-6-2-3-7-17(16)21-12-14-9-8-13(5-4-10-19)11-15(14)18/h2-3,6-9,11H,10,12,19H2,1H3. The quantitative estimate of drug-likeness (QED) is 0.694. The van der Waals surface area contributed by atoms with Gasteiger partial charge in [-0.15, -0.1) is 11.8 Å². The smallest absolute Gasteiger partial charge is 0.132 e. The molecular weight excluding hydrogens is 285 g/mol. The summed E-state index contributed by atoms with van der Waals surface area (Å²) >= 11 is 1.54. The lowest BCUT2D eigenvalue weighted by Crippen LogP contribution is -1.94. The molecule has 2 N–H and O–H groups in total. The third-order valence-corrected chi connectivity index (χ3v) is 3.94. The number of hydrogen-bond donors (Lipinski definition) is 1. The first-order valence-electron chi connectivity index (χ1n) is 6.47. The topological polar surface area (TPSA) is 35.2 Å². The zero-order chi connectivity index (χ0) is 15.1. The van der Waals surface area contributed by atoms with Gasteiger partial charge >= 0.3 is 0 Å². The highest BCUT2D eigenvalue weighted by Gasteiger charge is 2.06. The lowest BCUT2D eigenvalue weighted by molar-refractivity contribution is 0.405. The molecule has 0 aromatic heterocycles. The minimum Gasteiger partial charge on any atom is -0.496 e. The third kappa shape index (κ3) is 4.25. The minimum atomic E-state index is -0.249. The Hall–Kier alpha value is -1.96. The normalized spacial score (nSPS) is 9.86. The van der Waals surface area contributed by atoms with Gasteiger partial charge in [-0.2, -0.15) is 0 Å². The Balaban J connectivity index is 2.10. The molecule has 0 atom stereocenters. The molecule has 0 amide bonds. The molecule has 0 bridgehead atoms. The summed E-state index contributed by atoms with van der Waals surface area (Å²) in [5.74, 6) is 6.63. The Kier molecular flexibility index (Phi) is 5.68. The first-order chi connectivity index (χ1) is 10.2. The van der Waals surface area contributed by atoms with E-state index in [1.807, 2.05) is 30.3 Å². The maximum atomic E-state index is 14.0. The largest absolute Gasteiger partial charge is 0.496 e. The van der Waals surface area contributed by atoms with Crippen LogP contribution in [0.3, 0.4) is 0 Å². The van der Waals surface area contributed by atoms with Crippen LogP contribution < -0.4 is 10.5 Å². The highest BCUT2D eigenvalue weighted by Crippen LogP contribution is 2.31. The van der Waals surface area contributed by atoms with Crippen LogP contribution in [0.15, 0.2) is 47.4 Å². The zero-order valence-corrected chi connectivity index (χ0v) is 12.5. The first-order valence-corrected chi connectivity index (χ1v) is 7.46. The molecule has 0 unspecified atom stereocenters. The Morgan fingerprint density at radius 3 is 2.76 bits per heavy atom. The third-order valence-electron chi connectivity index (χ3n) is 2.84. The van der Waals surface area contributed by atoms with Crippen LogP contribution in [0.2, 0.25) is 0 Å². The van der Waals surface area contributed by atoms with Gasteiger partial charge in [0.05, 0.1) is 13.7 Å². The Bertz CT molecular complexity index is 676. The number of methoxy groups -OCH3 is 1. The van der Waals surface area contributed by atoms with Crippen LogP contribution in [0.1, 0.15) is 11.1 Å². The van der Waals surface area contributed by atoms with Crippen molar-refractivity contribution in [1.82, 2.24) is 0 Å². The maximum absolute atomic E-state index is 14.0. The summed E-state index contributed by atoms with van der Waals surface area (Å²) in [5, 5.41) is 0. The molecule has 0 saturated carbocycles. The summed E-state index contributed by atoms with van der Waals surface area (Å²) in [7, 11) is 1.63. The minimum absolute atomic E-state index is 0.249. The molecule has 0 radical (unpaired) electrons. The molecule has 0 saturated heterocycles. The fourth-order valence-electron chi connectivity index (χ4n) is 1.79. The van der Waals surface area contributed by atoms with E-state index in [0.717, 1.165) is 10.6 Å². The van der Waals surface area contributed by atoms with E-state index in [1.54, 1.807) is 24.9 Å². The van der Waals surface area contributed by atoms with E-state index in [0.29, 0.717) is 16.9 Å². The molecule has 0 aliphatic rings. The molecule has 2 rings (SSSR count). The highest BCUT2D eigenvalue weighted by molar-refractivity contribution is 7.98. The van der Waals surface area contributed by atoms with Gasteiger partial charge in [0.2, 0.25) is 0 Å². The van der Waals surface area contributed by atoms with Gasteiger partial charge in [-0.1, -0.05) is 30.0 Å². The molecule has 2 nitrogen and oxygen atoms in total. The van der Waals surface area contributed by atoms with E-state index in [9.17, 15) is 4.39 Å². The number of nitrogens with two attached hydrogens (primary N) is 1. The molecule has 0 fully saturated rings. The van der Waals surface area contributed by atoms with Crippen LogP contribution in [-0.2, 0) is 5.75 Å². The molecule has 0 aliphatic carbocycles. The number of benzene rings is 2. The van der Waals surface area contributed by atoms with Crippen molar-refractivity contribution in [3.63, 3.8) is 0 Å². The summed E-state index contributed by atoms with van der Waals surface area (Å²) < 4.78 is 19.3. The van der Waals surface area contributed by atoms with Crippen molar-refractivity contribution < 1.29 is 9.13 Å². The first kappa shape index (κ1) is 15.4. The van der Waals surface area contributed by atoms with Crippen LogP contribution in [0.25, 0.3) is 0 Å². The molecule has 2 aromatic rings. The number of halogens is 1. The highest BCUT2D eigenvalue weighted by atomic mass is 32.2.